The standard InChI is InChI=1S/C16H23NO4/c1-5-13(21-12-8-6-7-11(2)9-12)14(18)17-10-16(3,4)15(19)20/h6-9,13H,5,10H2,1-4H3,(H,17,18)(H,19,20). The van der Waals surface area contributed by atoms with Crippen molar-refractivity contribution in [3.63, 3.8) is 0 Å². The van der Waals surface area contributed by atoms with Crippen LogP contribution in [0.25, 0.3) is 0 Å². The van der Waals surface area contributed by atoms with Crippen LogP contribution >= 0.6 is 0 Å². The Morgan fingerprint density at radius 3 is 2.57 bits per heavy atom. The van der Waals surface area contributed by atoms with Crippen LogP contribution in [0.5, 0.6) is 5.75 Å². The number of carbonyl (C=O) groups excluding carboxylic acids is 1. The topological polar surface area (TPSA) is 75.6 Å². The van der Waals surface area contributed by atoms with Crippen molar-refractivity contribution in [1.82, 2.24) is 5.32 Å². The van der Waals surface area contributed by atoms with E-state index in [1.54, 1.807) is 19.9 Å². The normalized spacial score (nSPS) is 12.6. The molecule has 0 radical (unpaired) electrons. The van der Waals surface area contributed by atoms with Gasteiger partial charge in [0.1, 0.15) is 5.75 Å². The fraction of sp³-hybridized carbons (Fsp3) is 0.500. The molecule has 21 heavy (non-hydrogen) atoms. The third-order valence-electron chi connectivity index (χ3n) is 3.21. The first-order valence-electron chi connectivity index (χ1n) is 7.00. The van der Waals surface area contributed by atoms with Gasteiger partial charge in [-0.3, -0.25) is 9.59 Å². The molecule has 0 fully saturated rings. The van der Waals surface area contributed by atoms with Gasteiger partial charge in [-0.15, -0.1) is 0 Å². The maximum absolute atomic E-state index is 12.1. The number of hydrogen-bond donors (Lipinski definition) is 2. The first-order valence-corrected chi connectivity index (χ1v) is 7.00. The maximum Gasteiger partial charge on any atom is 0.310 e. The smallest absolute Gasteiger partial charge is 0.310 e. The molecule has 1 aromatic rings. The lowest BCUT2D eigenvalue weighted by Gasteiger charge is -2.22. The van der Waals surface area contributed by atoms with Gasteiger partial charge in [0.2, 0.25) is 0 Å². The highest BCUT2D eigenvalue weighted by atomic mass is 16.5. The minimum absolute atomic E-state index is 0.0643. The number of carboxylic acid groups (broad SMARTS) is 1. The number of hydrogen-bond acceptors (Lipinski definition) is 3. The zero-order valence-electron chi connectivity index (χ0n) is 13.0. The summed E-state index contributed by atoms with van der Waals surface area (Å²) in [4.78, 5) is 23.1. The van der Waals surface area contributed by atoms with E-state index in [1.165, 1.54) is 0 Å². The number of carboxylic acids is 1. The molecule has 0 heterocycles. The van der Waals surface area contributed by atoms with E-state index >= 15 is 0 Å². The minimum Gasteiger partial charge on any atom is -0.481 e. The summed E-state index contributed by atoms with van der Waals surface area (Å²) in [6, 6.07) is 7.47. The predicted molar refractivity (Wildman–Crippen MR) is 80.3 cm³/mol. The Balaban J connectivity index is 2.64. The Morgan fingerprint density at radius 1 is 1.38 bits per heavy atom. The van der Waals surface area contributed by atoms with Crippen molar-refractivity contribution in [2.45, 2.75) is 40.2 Å². The van der Waals surface area contributed by atoms with Gasteiger partial charge in [0, 0.05) is 6.54 Å². The highest BCUT2D eigenvalue weighted by Crippen LogP contribution is 2.16. The van der Waals surface area contributed by atoms with Gasteiger partial charge in [-0.05, 0) is 44.9 Å². The number of aryl methyl sites for hydroxylation is 1. The monoisotopic (exact) mass is 293 g/mol. The lowest BCUT2D eigenvalue weighted by atomic mass is 9.94. The highest BCUT2D eigenvalue weighted by molar-refractivity contribution is 5.82. The number of nitrogens with one attached hydrogen (secondary N) is 1. The van der Waals surface area contributed by atoms with E-state index in [0.717, 1.165) is 5.56 Å². The molecule has 5 heteroatoms. The van der Waals surface area contributed by atoms with E-state index in [4.69, 9.17) is 9.84 Å². The minimum atomic E-state index is -1.00. The highest BCUT2D eigenvalue weighted by Gasteiger charge is 2.29. The number of ether oxygens (including phenoxy) is 1. The van der Waals surface area contributed by atoms with Crippen molar-refractivity contribution in [3.05, 3.63) is 29.8 Å². The molecular formula is C16H23NO4. The van der Waals surface area contributed by atoms with Crippen molar-refractivity contribution in [2.24, 2.45) is 5.41 Å². The molecule has 0 aliphatic heterocycles. The second kappa shape index (κ2) is 7.11. The molecule has 0 bridgehead atoms. The van der Waals surface area contributed by atoms with Gasteiger partial charge < -0.3 is 15.2 Å². The van der Waals surface area contributed by atoms with Crippen LogP contribution in [0.1, 0.15) is 32.8 Å². The summed E-state index contributed by atoms with van der Waals surface area (Å²) in [5, 5.41) is 11.7. The van der Waals surface area contributed by atoms with E-state index < -0.39 is 17.5 Å². The number of amides is 1. The molecule has 1 rings (SSSR count). The van der Waals surface area contributed by atoms with Crippen molar-refractivity contribution in [1.29, 1.82) is 0 Å². The summed E-state index contributed by atoms with van der Waals surface area (Å²) in [5.41, 5.74) is 0.0480. The molecule has 0 aromatic heterocycles. The van der Waals surface area contributed by atoms with Crippen LogP contribution in [-0.4, -0.2) is 29.6 Å². The van der Waals surface area contributed by atoms with Crippen LogP contribution in [0.2, 0.25) is 0 Å². The Kier molecular flexibility index (Phi) is 5.76. The van der Waals surface area contributed by atoms with Crippen LogP contribution < -0.4 is 10.1 Å². The van der Waals surface area contributed by atoms with Crippen LogP contribution in [-0.2, 0) is 9.59 Å². The Hall–Kier alpha value is -2.04. The summed E-state index contributed by atoms with van der Waals surface area (Å²) >= 11 is 0. The Morgan fingerprint density at radius 2 is 2.05 bits per heavy atom. The number of benzene rings is 1. The molecule has 0 spiro atoms. The first kappa shape index (κ1) is 17.0. The predicted octanol–water partition coefficient (Wildman–Crippen LogP) is 2.38. The van der Waals surface area contributed by atoms with Crippen LogP contribution in [0.3, 0.4) is 0 Å². The van der Waals surface area contributed by atoms with Gasteiger partial charge in [0.25, 0.3) is 5.91 Å². The Bertz CT molecular complexity index is 511. The molecule has 1 atom stereocenters. The van der Waals surface area contributed by atoms with Crippen molar-refractivity contribution in [3.8, 4) is 5.75 Å². The zero-order chi connectivity index (χ0) is 16.0. The lowest BCUT2D eigenvalue weighted by Crippen LogP contribution is -2.44. The van der Waals surface area contributed by atoms with E-state index in [9.17, 15) is 9.59 Å². The van der Waals surface area contributed by atoms with Crippen LogP contribution in [0.15, 0.2) is 24.3 Å². The Labute approximate surface area is 125 Å². The van der Waals surface area contributed by atoms with E-state index in [-0.39, 0.29) is 12.5 Å². The van der Waals surface area contributed by atoms with Gasteiger partial charge >= 0.3 is 5.97 Å². The number of carbonyl (C=O) groups is 2. The summed E-state index contributed by atoms with van der Waals surface area (Å²) < 4.78 is 5.67. The summed E-state index contributed by atoms with van der Waals surface area (Å²) in [6.07, 6.45) is -0.121. The number of aliphatic carboxylic acids is 1. The largest absolute Gasteiger partial charge is 0.481 e. The fourth-order valence-electron chi connectivity index (χ4n) is 1.67. The van der Waals surface area contributed by atoms with E-state index in [2.05, 4.69) is 5.32 Å². The third-order valence-corrected chi connectivity index (χ3v) is 3.21. The average Bonchev–Trinajstić information content (AvgIpc) is 2.42. The molecule has 1 unspecified atom stereocenters. The third kappa shape index (κ3) is 5.10. The van der Waals surface area contributed by atoms with Crippen molar-refractivity contribution in [2.75, 3.05) is 6.54 Å². The summed E-state index contributed by atoms with van der Waals surface area (Å²) in [6.45, 7) is 7.00. The molecule has 0 saturated carbocycles. The molecular weight excluding hydrogens is 270 g/mol. The van der Waals surface area contributed by atoms with E-state index in [0.29, 0.717) is 12.2 Å². The van der Waals surface area contributed by atoms with Crippen molar-refractivity contribution >= 4 is 11.9 Å². The van der Waals surface area contributed by atoms with Gasteiger partial charge in [0.15, 0.2) is 6.10 Å². The molecule has 1 amide bonds. The fourth-order valence-corrected chi connectivity index (χ4v) is 1.67. The second-order valence-electron chi connectivity index (χ2n) is 5.74. The molecule has 5 nitrogen and oxygen atoms in total. The summed E-state index contributed by atoms with van der Waals surface area (Å²) in [7, 11) is 0. The van der Waals surface area contributed by atoms with Crippen molar-refractivity contribution < 1.29 is 19.4 Å². The van der Waals surface area contributed by atoms with Gasteiger partial charge in [-0.25, -0.2) is 0 Å². The number of rotatable bonds is 7. The molecule has 116 valence electrons. The van der Waals surface area contributed by atoms with E-state index in [1.807, 2.05) is 32.0 Å². The van der Waals surface area contributed by atoms with Crippen LogP contribution in [0, 0.1) is 12.3 Å². The zero-order valence-corrected chi connectivity index (χ0v) is 13.0. The van der Waals surface area contributed by atoms with Gasteiger partial charge in [0.05, 0.1) is 5.41 Å². The molecule has 0 aliphatic carbocycles. The first-order chi connectivity index (χ1) is 9.76. The second-order valence-corrected chi connectivity index (χ2v) is 5.74. The molecule has 0 saturated heterocycles. The molecule has 0 aliphatic rings. The maximum atomic E-state index is 12.1. The quantitative estimate of drug-likeness (QED) is 0.809. The lowest BCUT2D eigenvalue weighted by molar-refractivity contribution is -0.147. The van der Waals surface area contributed by atoms with Gasteiger partial charge in [-0.1, -0.05) is 19.1 Å². The van der Waals surface area contributed by atoms with Crippen LogP contribution in [0.4, 0.5) is 0 Å². The average molecular weight is 293 g/mol. The SMILES string of the molecule is CCC(Oc1cccc(C)c1)C(=O)NCC(C)(C)C(=O)O. The molecule has 2 N–H and O–H groups in total. The summed E-state index contributed by atoms with van der Waals surface area (Å²) in [5.74, 6) is -0.613. The molecule has 1 aromatic carbocycles. The van der Waals surface area contributed by atoms with Gasteiger partial charge in [-0.2, -0.15) is 0 Å².